The third kappa shape index (κ3) is 2.91. The van der Waals surface area contributed by atoms with Crippen molar-refractivity contribution < 1.29 is 13.5 Å². The van der Waals surface area contributed by atoms with Gasteiger partial charge >= 0.3 is 0 Å². The Morgan fingerprint density at radius 3 is 2.85 bits per heavy atom. The monoisotopic (exact) mass is 319 g/mol. The summed E-state index contributed by atoms with van der Waals surface area (Å²) in [6.07, 6.45) is 1.01. The first kappa shape index (κ1) is 15.5. The number of aliphatic hydroxyl groups excluding tert-OH is 1. The van der Waals surface area contributed by atoms with Crippen LogP contribution >= 0.6 is 11.5 Å². The number of aliphatic hydroxyl groups is 1. The molecule has 3 N–H and O–H groups in total. The number of nitrogens with zero attached hydrogens (tertiary/aromatic N) is 2. The van der Waals surface area contributed by atoms with E-state index in [2.05, 4.69) is 4.37 Å². The quantitative estimate of drug-likeness (QED) is 0.844. The van der Waals surface area contributed by atoms with Crippen LogP contribution in [0.15, 0.2) is 4.90 Å². The highest BCUT2D eigenvalue weighted by molar-refractivity contribution is 7.91. The molecule has 8 heteroatoms. The molecule has 2 rings (SSSR count). The molecule has 0 spiro atoms. The molecular formula is C12H21N3O3S2. The highest BCUT2D eigenvalue weighted by atomic mass is 32.2. The van der Waals surface area contributed by atoms with Gasteiger partial charge < -0.3 is 15.7 Å². The third-order valence-electron chi connectivity index (χ3n) is 3.64. The zero-order valence-corrected chi connectivity index (χ0v) is 13.4. The first-order valence-electron chi connectivity index (χ1n) is 6.77. The molecule has 0 saturated carbocycles. The summed E-state index contributed by atoms with van der Waals surface area (Å²) in [5, 5.41) is 10.3. The highest BCUT2D eigenvalue weighted by Gasteiger charge is 2.33. The zero-order chi connectivity index (χ0) is 14.9. The Balaban J connectivity index is 2.31. The Morgan fingerprint density at radius 2 is 2.30 bits per heavy atom. The third-order valence-corrected chi connectivity index (χ3v) is 6.66. The first-order chi connectivity index (χ1) is 9.36. The first-order valence-corrected chi connectivity index (χ1v) is 9.20. The fourth-order valence-electron chi connectivity index (χ4n) is 2.51. The summed E-state index contributed by atoms with van der Waals surface area (Å²) >= 11 is 1.13. The molecule has 1 saturated heterocycles. The average Bonchev–Trinajstić information content (AvgIpc) is 2.94. The largest absolute Gasteiger partial charge is 0.393 e. The van der Waals surface area contributed by atoms with Crippen molar-refractivity contribution in [1.29, 1.82) is 0 Å². The molecule has 1 aliphatic rings. The van der Waals surface area contributed by atoms with Crippen LogP contribution in [0.3, 0.4) is 0 Å². The molecule has 0 bridgehead atoms. The van der Waals surface area contributed by atoms with Crippen LogP contribution in [0.1, 0.15) is 26.7 Å². The van der Waals surface area contributed by atoms with Gasteiger partial charge in [0.15, 0.2) is 15.7 Å². The lowest BCUT2D eigenvalue weighted by atomic mass is 10.0. The summed E-state index contributed by atoms with van der Waals surface area (Å²) in [7, 11) is -3.38. The molecule has 1 aromatic rings. The van der Waals surface area contributed by atoms with E-state index in [0.29, 0.717) is 18.0 Å². The van der Waals surface area contributed by atoms with Gasteiger partial charge in [-0.25, -0.2) is 8.42 Å². The van der Waals surface area contributed by atoms with Crippen LogP contribution in [0.5, 0.6) is 0 Å². The second kappa shape index (κ2) is 5.87. The molecule has 0 aromatic carbocycles. The standard InChI is InChI=1S/C12H21N3O3S2/c1-3-6-20(17,18)10-11(13)14-19-12(10)15-5-4-9(7-15)8(2)16/h8-9,16H,3-7H2,1-2H3,(H2,13,14). The van der Waals surface area contributed by atoms with Crippen LogP contribution in [0.2, 0.25) is 0 Å². The normalized spacial score (nSPS) is 21.4. The number of sulfone groups is 1. The molecular weight excluding hydrogens is 298 g/mol. The van der Waals surface area contributed by atoms with Gasteiger partial charge in [0, 0.05) is 19.0 Å². The van der Waals surface area contributed by atoms with Gasteiger partial charge in [-0.15, -0.1) is 0 Å². The Kier molecular flexibility index (Phi) is 4.55. The van der Waals surface area contributed by atoms with Gasteiger partial charge in [-0.3, -0.25) is 0 Å². The van der Waals surface area contributed by atoms with E-state index in [1.165, 1.54) is 0 Å². The second-order valence-electron chi connectivity index (χ2n) is 5.26. The van der Waals surface area contributed by atoms with E-state index in [1.54, 1.807) is 6.92 Å². The minimum Gasteiger partial charge on any atom is -0.393 e. The lowest BCUT2D eigenvalue weighted by molar-refractivity contribution is 0.136. The van der Waals surface area contributed by atoms with Gasteiger partial charge in [-0.05, 0) is 31.3 Å². The maximum atomic E-state index is 12.3. The van der Waals surface area contributed by atoms with E-state index in [1.807, 2.05) is 11.8 Å². The van der Waals surface area contributed by atoms with Crippen molar-refractivity contribution in [3.05, 3.63) is 0 Å². The van der Waals surface area contributed by atoms with Crippen molar-refractivity contribution in [2.24, 2.45) is 5.92 Å². The maximum Gasteiger partial charge on any atom is 0.185 e. The predicted octanol–water partition coefficient (Wildman–Crippen LogP) is 1.12. The lowest BCUT2D eigenvalue weighted by Crippen LogP contribution is -2.24. The van der Waals surface area contributed by atoms with Crippen molar-refractivity contribution in [1.82, 2.24) is 4.37 Å². The second-order valence-corrected chi connectivity index (χ2v) is 8.05. The molecule has 2 unspecified atom stereocenters. The number of hydrogen-bond acceptors (Lipinski definition) is 7. The van der Waals surface area contributed by atoms with Gasteiger partial charge in [-0.1, -0.05) is 6.92 Å². The van der Waals surface area contributed by atoms with E-state index >= 15 is 0 Å². The number of aromatic nitrogens is 1. The van der Waals surface area contributed by atoms with Crippen molar-refractivity contribution in [3.8, 4) is 0 Å². The molecule has 0 aliphatic carbocycles. The number of anilines is 2. The summed E-state index contributed by atoms with van der Waals surface area (Å²) in [5.41, 5.74) is 5.76. The Morgan fingerprint density at radius 1 is 1.60 bits per heavy atom. The Labute approximate surface area is 123 Å². The van der Waals surface area contributed by atoms with Gasteiger partial charge in [-0.2, -0.15) is 4.37 Å². The maximum absolute atomic E-state index is 12.3. The van der Waals surface area contributed by atoms with E-state index in [9.17, 15) is 13.5 Å². The van der Waals surface area contributed by atoms with Crippen LogP contribution in [-0.4, -0.2) is 42.8 Å². The minimum atomic E-state index is -3.38. The van der Waals surface area contributed by atoms with E-state index in [-0.39, 0.29) is 28.5 Å². The molecule has 0 radical (unpaired) electrons. The summed E-state index contributed by atoms with van der Waals surface area (Å²) in [4.78, 5) is 2.16. The van der Waals surface area contributed by atoms with Crippen molar-refractivity contribution in [2.75, 3.05) is 29.5 Å². The summed E-state index contributed by atoms with van der Waals surface area (Å²) in [6, 6.07) is 0. The average molecular weight is 319 g/mol. The van der Waals surface area contributed by atoms with Crippen LogP contribution < -0.4 is 10.6 Å². The highest BCUT2D eigenvalue weighted by Crippen LogP contribution is 2.38. The lowest BCUT2D eigenvalue weighted by Gasteiger charge is -2.19. The molecule has 2 heterocycles. The minimum absolute atomic E-state index is 0.0796. The summed E-state index contributed by atoms with van der Waals surface area (Å²) in [5.74, 6) is 0.343. The molecule has 20 heavy (non-hydrogen) atoms. The molecule has 6 nitrogen and oxygen atoms in total. The van der Waals surface area contributed by atoms with Gasteiger partial charge in [0.25, 0.3) is 0 Å². The predicted molar refractivity (Wildman–Crippen MR) is 80.9 cm³/mol. The fraction of sp³-hybridized carbons (Fsp3) is 0.750. The molecule has 114 valence electrons. The van der Waals surface area contributed by atoms with Crippen molar-refractivity contribution >= 4 is 32.2 Å². The number of nitrogen functional groups attached to an aromatic ring is 1. The van der Waals surface area contributed by atoms with Gasteiger partial charge in [0.1, 0.15) is 9.90 Å². The van der Waals surface area contributed by atoms with Crippen molar-refractivity contribution in [2.45, 2.75) is 37.7 Å². The van der Waals surface area contributed by atoms with Crippen molar-refractivity contribution in [3.63, 3.8) is 0 Å². The number of nitrogens with two attached hydrogens (primary N) is 1. The summed E-state index contributed by atoms with van der Waals surface area (Å²) < 4.78 is 28.7. The van der Waals surface area contributed by atoms with Gasteiger partial charge in [0.05, 0.1) is 11.9 Å². The number of rotatable bonds is 5. The molecule has 2 atom stereocenters. The van der Waals surface area contributed by atoms with Crippen LogP contribution in [0.4, 0.5) is 10.8 Å². The zero-order valence-electron chi connectivity index (χ0n) is 11.7. The van der Waals surface area contributed by atoms with Crippen LogP contribution in [0.25, 0.3) is 0 Å². The van der Waals surface area contributed by atoms with E-state index < -0.39 is 9.84 Å². The van der Waals surface area contributed by atoms with Gasteiger partial charge in [0.2, 0.25) is 0 Å². The van der Waals surface area contributed by atoms with Crippen LogP contribution in [-0.2, 0) is 9.84 Å². The Hall–Kier alpha value is -0.860. The van der Waals surface area contributed by atoms with E-state index in [0.717, 1.165) is 24.5 Å². The van der Waals surface area contributed by atoms with Crippen LogP contribution in [0, 0.1) is 5.92 Å². The smallest absolute Gasteiger partial charge is 0.185 e. The molecule has 1 fully saturated rings. The molecule has 0 amide bonds. The SMILES string of the molecule is CCCS(=O)(=O)c1c(N)nsc1N1CCC(C(C)O)C1. The topological polar surface area (TPSA) is 96.5 Å². The molecule has 1 aromatic heterocycles. The Bertz CT molecular complexity index is 569. The molecule has 1 aliphatic heterocycles. The number of hydrogen-bond donors (Lipinski definition) is 2. The fourth-order valence-corrected chi connectivity index (χ4v) is 5.31. The summed E-state index contributed by atoms with van der Waals surface area (Å²) in [6.45, 7) is 4.97. The van der Waals surface area contributed by atoms with E-state index in [4.69, 9.17) is 5.73 Å².